The van der Waals surface area contributed by atoms with E-state index in [1.807, 2.05) is 0 Å². The van der Waals surface area contributed by atoms with E-state index in [4.69, 9.17) is 5.73 Å². The molecule has 0 heterocycles. The molecular formula is C15H16BrN. The molecule has 2 N–H and O–H groups in total. The molecule has 0 fully saturated rings. The van der Waals surface area contributed by atoms with Crippen molar-refractivity contribution in [3.05, 3.63) is 69.2 Å². The Kier molecular flexibility index (Phi) is 3.65. The third kappa shape index (κ3) is 2.76. The van der Waals surface area contributed by atoms with Crippen molar-refractivity contribution in [2.24, 2.45) is 5.73 Å². The van der Waals surface area contributed by atoms with Gasteiger partial charge in [0.15, 0.2) is 0 Å². The molecule has 2 rings (SSSR count). The van der Waals surface area contributed by atoms with Crippen molar-refractivity contribution in [2.75, 3.05) is 0 Å². The molecule has 0 saturated carbocycles. The molecule has 0 aliphatic carbocycles. The second kappa shape index (κ2) is 5.03. The highest BCUT2D eigenvalue weighted by Gasteiger charge is 2.12. The predicted octanol–water partition coefficient (Wildman–Crippen LogP) is 4.11. The van der Waals surface area contributed by atoms with Crippen molar-refractivity contribution in [1.82, 2.24) is 0 Å². The first-order valence-electron chi connectivity index (χ1n) is 5.66. The van der Waals surface area contributed by atoms with Crippen molar-refractivity contribution >= 4 is 15.9 Å². The Balaban J connectivity index is 2.39. The van der Waals surface area contributed by atoms with Crippen LogP contribution >= 0.6 is 15.9 Å². The number of benzene rings is 2. The molecule has 0 amide bonds. The normalized spacial score (nSPS) is 12.5. The number of aryl methyl sites for hydroxylation is 2. The third-order valence-electron chi connectivity index (χ3n) is 2.92. The molecule has 0 radical (unpaired) electrons. The van der Waals surface area contributed by atoms with Gasteiger partial charge in [0.1, 0.15) is 0 Å². The predicted molar refractivity (Wildman–Crippen MR) is 76.1 cm³/mol. The van der Waals surface area contributed by atoms with Crippen LogP contribution in [0.2, 0.25) is 0 Å². The Hall–Kier alpha value is -1.12. The van der Waals surface area contributed by atoms with Gasteiger partial charge in [-0.1, -0.05) is 63.5 Å². The smallest absolute Gasteiger partial charge is 0.0562 e. The van der Waals surface area contributed by atoms with Crippen LogP contribution in [0.1, 0.15) is 28.3 Å². The molecule has 0 saturated heterocycles. The molecule has 1 nitrogen and oxygen atoms in total. The number of halogens is 1. The number of hydrogen-bond acceptors (Lipinski definition) is 1. The molecule has 88 valence electrons. The van der Waals surface area contributed by atoms with Gasteiger partial charge in [-0.2, -0.15) is 0 Å². The molecule has 2 aromatic carbocycles. The summed E-state index contributed by atoms with van der Waals surface area (Å²) in [7, 11) is 0. The van der Waals surface area contributed by atoms with Crippen LogP contribution in [-0.4, -0.2) is 0 Å². The van der Waals surface area contributed by atoms with Crippen LogP contribution in [0.4, 0.5) is 0 Å². The molecule has 0 spiro atoms. The summed E-state index contributed by atoms with van der Waals surface area (Å²) in [4.78, 5) is 0. The van der Waals surface area contributed by atoms with Gasteiger partial charge in [0.25, 0.3) is 0 Å². The first-order chi connectivity index (χ1) is 8.08. The monoisotopic (exact) mass is 289 g/mol. The van der Waals surface area contributed by atoms with E-state index in [0.29, 0.717) is 0 Å². The van der Waals surface area contributed by atoms with Crippen molar-refractivity contribution in [2.45, 2.75) is 19.9 Å². The van der Waals surface area contributed by atoms with Crippen LogP contribution in [0.25, 0.3) is 0 Å². The number of nitrogens with two attached hydrogens (primary N) is 1. The Morgan fingerprint density at radius 3 is 2.18 bits per heavy atom. The van der Waals surface area contributed by atoms with Gasteiger partial charge in [0.05, 0.1) is 6.04 Å². The molecule has 0 aromatic heterocycles. The van der Waals surface area contributed by atoms with Crippen molar-refractivity contribution in [1.29, 1.82) is 0 Å². The maximum Gasteiger partial charge on any atom is 0.0562 e. The standard InChI is InChI=1S/C15H16BrN/c1-10-3-6-12(7-4-10)15(17)13-9-11(2)5-8-14(13)16/h3-9,15H,17H2,1-2H3. The van der Waals surface area contributed by atoms with Crippen LogP contribution in [0.5, 0.6) is 0 Å². The van der Waals surface area contributed by atoms with Gasteiger partial charge < -0.3 is 5.73 Å². The van der Waals surface area contributed by atoms with E-state index in [9.17, 15) is 0 Å². The third-order valence-corrected chi connectivity index (χ3v) is 3.65. The zero-order chi connectivity index (χ0) is 12.4. The van der Waals surface area contributed by atoms with E-state index in [-0.39, 0.29) is 6.04 Å². The average molecular weight is 290 g/mol. The summed E-state index contributed by atoms with van der Waals surface area (Å²) in [5.74, 6) is 0. The Labute approximate surface area is 111 Å². The van der Waals surface area contributed by atoms with Crippen LogP contribution < -0.4 is 5.73 Å². The average Bonchev–Trinajstić information content (AvgIpc) is 2.32. The van der Waals surface area contributed by atoms with Crippen molar-refractivity contribution in [3.8, 4) is 0 Å². The summed E-state index contributed by atoms with van der Waals surface area (Å²) in [5.41, 5.74) is 11.1. The van der Waals surface area contributed by atoms with Gasteiger partial charge in [0, 0.05) is 4.47 Å². The molecule has 0 aliphatic heterocycles. The molecule has 1 atom stereocenters. The summed E-state index contributed by atoms with van der Waals surface area (Å²) >= 11 is 3.56. The molecule has 0 bridgehead atoms. The van der Waals surface area contributed by atoms with Crippen molar-refractivity contribution in [3.63, 3.8) is 0 Å². The summed E-state index contributed by atoms with van der Waals surface area (Å²) in [5, 5.41) is 0. The molecular weight excluding hydrogens is 274 g/mol. The largest absolute Gasteiger partial charge is 0.320 e. The Bertz CT molecular complexity index is 517. The van der Waals surface area contributed by atoms with Crippen molar-refractivity contribution < 1.29 is 0 Å². The summed E-state index contributed by atoms with van der Waals surface area (Å²) in [6.45, 7) is 4.16. The Morgan fingerprint density at radius 2 is 1.53 bits per heavy atom. The first kappa shape index (κ1) is 12.3. The highest BCUT2D eigenvalue weighted by molar-refractivity contribution is 9.10. The maximum absolute atomic E-state index is 6.31. The summed E-state index contributed by atoms with van der Waals surface area (Å²) in [6, 6.07) is 14.6. The van der Waals surface area contributed by atoms with Crippen LogP contribution in [0, 0.1) is 13.8 Å². The lowest BCUT2D eigenvalue weighted by molar-refractivity contribution is 0.863. The minimum atomic E-state index is -0.0788. The fourth-order valence-electron chi connectivity index (χ4n) is 1.85. The summed E-state index contributed by atoms with van der Waals surface area (Å²) in [6.07, 6.45) is 0. The first-order valence-corrected chi connectivity index (χ1v) is 6.45. The van der Waals surface area contributed by atoms with Gasteiger partial charge in [-0.05, 0) is 31.0 Å². The minimum absolute atomic E-state index is 0.0788. The number of rotatable bonds is 2. The molecule has 17 heavy (non-hydrogen) atoms. The zero-order valence-corrected chi connectivity index (χ0v) is 11.7. The minimum Gasteiger partial charge on any atom is -0.320 e. The molecule has 2 aromatic rings. The number of hydrogen-bond donors (Lipinski definition) is 1. The Morgan fingerprint density at radius 1 is 0.941 bits per heavy atom. The van der Waals surface area contributed by atoms with E-state index in [1.54, 1.807) is 0 Å². The second-order valence-corrected chi connectivity index (χ2v) is 5.27. The second-order valence-electron chi connectivity index (χ2n) is 4.41. The molecule has 0 aliphatic rings. The van der Waals surface area contributed by atoms with Gasteiger partial charge >= 0.3 is 0 Å². The van der Waals surface area contributed by atoms with E-state index in [2.05, 4.69) is 72.2 Å². The fourth-order valence-corrected chi connectivity index (χ4v) is 2.35. The zero-order valence-electron chi connectivity index (χ0n) is 10.1. The quantitative estimate of drug-likeness (QED) is 0.884. The van der Waals surface area contributed by atoms with E-state index in [0.717, 1.165) is 15.6 Å². The topological polar surface area (TPSA) is 26.0 Å². The lowest BCUT2D eigenvalue weighted by Crippen LogP contribution is -2.12. The lowest BCUT2D eigenvalue weighted by atomic mass is 9.97. The maximum atomic E-state index is 6.31. The molecule has 2 heteroatoms. The SMILES string of the molecule is Cc1ccc(C(N)c2cc(C)ccc2Br)cc1. The van der Waals surface area contributed by atoms with E-state index in [1.165, 1.54) is 11.1 Å². The highest BCUT2D eigenvalue weighted by atomic mass is 79.9. The van der Waals surface area contributed by atoms with Gasteiger partial charge in [0.2, 0.25) is 0 Å². The summed E-state index contributed by atoms with van der Waals surface area (Å²) < 4.78 is 1.07. The fraction of sp³-hybridized carbons (Fsp3) is 0.200. The van der Waals surface area contributed by atoms with Crippen LogP contribution in [0.3, 0.4) is 0 Å². The van der Waals surface area contributed by atoms with Crippen LogP contribution in [0.15, 0.2) is 46.9 Å². The van der Waals surface area contributed by atoms with Gasteiger partial charge in [-0.3, -0.25) is 0 Å². The van der Waals surface area contributed by atoms with Gasteiger partial charge in [-0.25, -0.2) is 0 Å². The lowest BCUT2D eigenvalue weighted by Gasteiger charge is -2.15. The van der Waals surface area contributed by atoms with E-state index < -0.39 is 0 Å². The van der Waals surface area contributed by atoms with E-state index >= 15 is 0 Å². The molecule has 1 unspecified atom stereocenters. The highest BCUT2D eigenvalue weighted by Crippen LogP contribution is 2.27. The van der Waals surface area contributed by atoms with Gasteiger partial charge in [-0.15, -0.1) is 0 Å². The van der Waals surface area contributed by atoms with Crippen LogP contribution in [-0.2, 0) is 0 Å².